The molecule has 0 saturated heterocycles. The van der Waals surface area contributed by atoms with Gasteiger partial charge >= 0.3 is 0 Å². The maximum Gasteiger partial charge on any atom is 0.227 e. The Bertz CT molecular complexity index is 686. The molecule has 2 aromatic carbocycles. The molecule has 3 nitrogen and oxygen atoms in total. The third-order valence-electron chi connectivity index (χ3n) is 4.47. The molecule has 0 radical (unpaired) electrons. The van der Waals surface area contributed by atoms with Crippen molar-refractivity contribution in [1.82, 2.24) is 4.90 Å². The minimum absolute atomic E-state index is 0. The molecule has 5 heteroatoms. The van der Waals surface area contributed by atoms with E-state index < -0.39 is 0 Å². The SMILES string of the molecule is Cl.Nc1ccc(CC(=O)N(Cc2ccccc2F)C2CCC2)cc1. The van der Waals surface area contributed by atoms with E-state index in [0.29, 0.717) is 24.2 Å². The van der Waals surface area contributed by atoms with Crippen molar-refractivity contribution >= 4 is 24.0 Å². The van der Waals surface area contributed by atoms with Gasteiger partial charge in [0.25, 0.3) is 0 Å². The summed E-state index contributed by atoms with van der Waals surface area (Å²) >= 11 is 0. The highest BCUT2D eigenvalue weighted by Crippen LogP contribution is 2.27. The minimum atomic E-state index is -0.253. The maximum absolute atomic E-state index is 13.9. The molecule has 128 valence electrons. The van der Waals surface area contributed by atoms with Crippen LogP contribution in [0.2, 0.25) is 0 Å². The van der Waals surface area contributed by atoms with Crippen LogP contribution in [-0.2, 0) is 17.8 Å². The van der Waals surface area contributed by atoms with Gasteiger partial charge in [0.05, 0.1) is 6.42 Å². The summed E-state index contributed by atoms with van der Waals surface area (Å²) in [5.74, 6) is -0.208. The van der Waals surface area contributed by atoms with Crippen LogP contribution < -0.4 is 5.73 Å². The van der Waals surface area contributed by atoms with Crippen LogP contribution in [0.5, 0.6) is 0 Å². The topological polar surface area (TPSA) is 46.3 Å². The van der Waals surface area contributed by atoms with Gasteiger partial charge in [0.1, 0.15) is 5.82 Å². The second kappa shape index (κ2) is 8.15. The molecule has 2 aromatic rings. The molecule has 0 unspecified atom stereocenters. The Balaban J connectivity index is 0.00000208. The molecule has 1 aliphatic carbocycles. The first-order chi connectivity index (χ1) is 11.1. The van der Waals surface area contributed by atoms with Gasteiger partial charge in [-0.05, 0) is 43.0 Å². The van der Waals surface area contributed by atoms with E-state index in [9.17, 15) is 9.18 Å². The van der Waals surface area contributed by atoms with Crippen LogP contribution in [-0.4, -0.2) is 16.8 Å². The molecule has 0 spiro atoms. The molecule has 1 aliphatic rings. The molecular weight excluding hydrogens is 327 g/mol. The number of nitrogens with zero attached hydrogens (tertiary/aromatic N) is 1. The number of rotatable bonds is 5. The highest BCUT2D eigenvalue weighted by Gasteiger charge is 2.29. The van der Waals surface area contributed by atoms with Crippen LogP contribution >= 0.6 is 12.4 Å². The van der Waals surface area contributed by atoms with E-state index in [-0.39, 0.29) is 30.2 Å². The average Bonchev–Trinajstić information content (AvgIpc) is 2.49. The maximum atomic E-state index is 13.9. The summed E-state index contributed by atoms with van der Waals surface area (Å²) in [5.41, 5.74) is 7.87. The van der Waals surface area contributed by atoms with E-state index in [4.69, 9.17) is 5.73 Å². The van der Waals surface area contributed by atoms with Crippen LogP contribution in [0.1, 0.15) is 30.4 Å². The van der Waals surface area contributed by atoms with E-state index >= 15 is 0 Å². The number of nitrogen functional groups attached to an aromatic ring is 1. The van der Waals surface area contributed by atoms with Gasteiger partial charge in [-0.2, -0.15) is 0 Å². The van der Waals surface area contributed by atoms with Crippen LogP contribution in [0.3, 0.4) is 0 Å². The van der Waals surface area contributed by atoms with Crippen molar-refractivity contribution < 1.29 is 9.18 Å². The van der Waals surface area contributed by atoms with Gasteiger partial charge in [0, 0.05) is 23.8 Å². The lowest BCUT2D eigenvalue weighted by molar-refractivity contribution is -0.135. The van der Waals surface area contributed by atoms with Gasteiger partial charge in [-0.25, -0.2) is 4.39 Å². The van der Waals surface area contributed by atoms with E-state index in [1.165, 1.54) is 6.07 Å². The van der Waals surface area contributed by atoms with Gasteiger partial charge in [0.15, 0.2) is 0 Å². The Morgan fingerprint density at radius 2 is 1.79 bits per heavy atom. The highest BCUT2D eigenvalue weighted by atomic mass is 35.5. The summed E-state index contributed by atoms with van der Waals surface area (Å²) in [6.45, 7) is 0.338. The Hall–Kier alpha value is -2.07. The molecule has 0 aromatic heterocycles. The van der Waals surface area contributed by atoms with Crippen molar-refractivity contribution in [3.05, 3.63) is 65.5 Å². The Labute approximate surface area is 148 Å². The third-order valence-corrected chi connectivity index (χ3v) is 4.47. The van der Waals surface area contributed by atoms with Crippen LogP contribution in [0.15, 0.2) is 48.5 Å². The number of amides is 1. The fraction of sp³-hybridized carbons (Fsp3) is 0.316. The van der Waals surface area contributed by atoms with Gasteiger partial charge in [-0.3, -0.25) is 4.79 Å². The molecule has 0 heterocycles. The Kier molecular flexibility index (Phi) is 6.21. The molecule has 1 saturated carbocycles. The molecule has 2 N–H and O–H groups in total. The Morgan fingerprint density at radius 1 is 1.12 bits per heavy atom. The second-order valence-corrected chi connectivity index (χ2v) is 6.12. The average molecular weight is 349 g/mol. The van der Waals surface area contributed by atoms with E-state index in [1.807, 2.05) is 23.1 Å². The number of carbonyl (C=O) groups is 1. The first-order valence-corrected chi connectivity index (χ1v) is 8.01. The van der Waals surface area contributed by atoms with E-state index in [1.54, 1.807) is 24.3 Å². The first-order valence-electron chi connectivity index (χ1n) is 8.01. The molecular formula is C19H22ClFN2O. The van der Waals surface area contributed by atoms with Crippen molar-refractivity contribution in [3.8, 4) is 0 Å². The first kappa shape index (κ1) is 18.3. The lowest BCUT2D eigenvalue weighted by Gasteiger charge is -2.38. The summed E-state index contributed by atoms with van der Waals surface area (Å²) in [6, 6.07) is 14.2. The normalized spacial score (nSPS) is 13.7. The molecule has 0 bridgehead atoms. The predicted octanol–water partition coefficient (Wildman–Crippen LogP) is 3.95. The van der Waals surface area contributed by atoms with Crippen molar-refractivity contribution in [3.63, 3.8) is 0 Å². The number of nitrogens with two attached hydrogens (primary N) is 1. The fourth-order valence-corrected chi connectivity index (χ4v) is 2.84. The molecule has 0 atom stereocenters. The number of hydrogen-bond donors (Lipinski definition) is 1. The molecule has 1 fully saturated rings. The largest absolute Gasteiger partial charge is 0.399 e. The van der Waals surface area contributed by atoms with Crippen LogP contribution in [0, 0.1) is 5.82 Å². The molecule has 24 heavy (non-hydrogen) atoms. The van der Waals surface area contributed by atoms with Crippen molar-refractivity contribution in [2.45, 2.75) is 38.3 Å². The van der Waals surface area contributed by atoms with E-state index in [2.05, 4.69) is 0 Å². The van der Waals surface area contributed by atoms with Crippen molar-refractivity contribution in [2.24, 2.45) is 0 Å². The summed E-state index contributed by atoms with van der Waals surface area (Å²) in [5, 5.41) is 0. The monoisotopic (exact) mass is 348 g/mol. The molecule has 0 aliphatic heterocycles. The number of halogens is 2. The lowest BCUT2D eigenvalue weighted by Crippen LogP contribution is -2.44. The van der Waals surface area contributed by atoms with Gasteiger partial charge in [-0.15, -0.1) is 12.4 Å². The van der Waals surface area contributed by atoms with Crippen molar-refractivity contribution in [1.29, 1.82) is 0 Å². The summed E-state index contributed by atoms with van der Waals surface area (Å²) in [7, 11) is 0. The minimum Gasteiger partial charge on any atom is -0.399 e. The molecule has 1 amide bonds. The number of hydrogen-bond acceptors (Lipinski definition) is 2. The van der Waals surface area contributed by atoms with Crippen LogP contribution in [0.25, 0.3) is 0 Å². The van der Waals surface area contributed by atoms with Crippen molar-refractivity contribution in [2.75, 3.05) is 5.73 Å². The van der Waals surface area contributed by atoms with E-state index in [0.717, 1.165) is 24.8 Å². The summed E-state index contributed by atoms with van der Waals surface area (Å²) < 4.78 is 13.9. The standard InChI is InChI=1S/C19H21FN2O.ClH/c20-18-7-2-1-4-15(18)13-22(17-5-3-6-17)19(23)12-14-8-10-16(21)11-9-14;/h1-2,4,7-11,17H,3,5-6,12-13,21H2;1H. The third kappa shape index (κ3) is 4.26. The lowest BCUT2D eigenvalue weighted by atomic mass is 9.90. The van der Waals surface area contributed by atoms with Gasteiger partial charge < -0.3 is 10.6 Å². The van der Waals surface area contributed by atoms with Gasteiger partial charge in [-0.1, -0.05) is 30.3 Å². The highest BCUT2D eigenvalue weighted by molar-refractivity contribution is 5.85. The molecule has 3 rings (SSSR count). The van der Waals surface area contributed by atoms with Crippen LogP contribution in [0.4, 0.5) is 10.1 Å². The predicted molar refractivity (Wildman–Crippen MR) is 96.4 cm³/mol. The smallest absolute Gasteiger partial charge is 0.227 e. The summed E-state index contributed by atoms with van der Waals surface area (Å²) in [6.07, 6.45) is 3.46. The Morgan fingerprint density at radius 3 is 2.38 bits per heavy atom. The van der Waals surface area contributed by atoms with Gasteiger partial charge in [0.2, 0.25) is 5.91 Å². The summed E-state index contributed by atoms with van der Waals surface area (Å²) in [4.78, 5) is 14.6. The zero-order valence-corrected chi connectivity index (χ0v) is 14.3. The second-order valence-electron chi connectivity index (χ2n) is 6.12. The number of benzene rings is 2. The quantitative estimate of drug-likeness (QED) is 0.831. The number of carbonyl (C=O) groups excluding carboxylic acids is 1. The zero-order chi connectivity index (χ0) is 16.2. The zero-order valence-electron chi connectivity index (χ0n) is 13.5. The number of anilines is 1. The fourth-order valence-electron chi connectivity index (χ4n) is 2.84.